The number of aliphatic hydroxyl groups excluding tert-OH is 1. The first-order valence-corrected chi connectivity index (χ1v) is 8.46. The van der Waals surface area contributed by atoms with E-state index in [4.69, 9.17) is 21.1 Å². The number of aromatic nitrogens is 2. The van der Waals surface area contributed by atoms with Crippen LogP contribution in [0.3, 0.4) is 0 Å². The molecule has 0 fully saturated rings. The van der Waals surface area contributed by atoms with Gasteiger partial charge in [0.25, 0.3) is 0 Å². The highest BCUT2D eigenvalue weighted by Crippen LogP contribution is 2.32. The first-order valence-electron chi connectivity index (χ1n) is 8.09. The van der Waals surface area contributed by atoms with E-state index in [1.54, 1.807) is 26.0 Å². The van der Waals surface area contributed by atoms with Crippen LogP contribution in [0, 0.1) is 0 Å². The van der Waals surface area contributed by atoms with Gasteiger partial charge in [-0.15, -0.1) is 0 Å². The molecule has 2 rings (SSSR count). The number of fused-ring (bicyclic) bond motifs is 1. The van der Waals surface area contributed by atoms with Gasteiger partial charge in [-0.25, -0.2) is 9.97 Å². The number of carbonyl (C=O) groups is 1. The number of nitrogens with one attached hydrogen (secondary N) is 1. The van der Waals surface area contributed by atoms with Crippen molar-refractivity contribution in [3.05, 3.63) is 23.0 Å². The zero-order valence-corrected chi connectivity index (χ0v) is 15.3. The van der Waals surface area contributed by atoms with Crippen LogP contribution >= 0.6 is 11.6 Å². The lowest BCUT2D eigenvalue weighted by molar-refractivity contribution is -0.143. The fourth-order valence-corrected chi connectivity index (χ4v) is 2.63. The Morgan fingerprint density at radius 2 is 2.16 bits per heavy atom. The molecule has 1 unspecified atom stereocenters. The van der Waals surface area contributed by atoms with Crippen molar-refractivity contribution < 1.29 is 19.4 Å². The van der Waals surface area contributed by atoms with E-state index >= 15 is 0 Å². The smallest absolute Gasteiger partial charge is 0.305 e. The normalized spacial score (nSPS) is 12.0. The quantitative estimate of drug-likeness (QED) is 0.420. The third-order valence-corrected chi connectivity index (χ3v) is 3.79. The fraction of sp³-hybridized carbons (Fsp3) is 0.471. The third-order valence-electron chi connectivity index (χ3n) is 3.63. The average molecular weight is 368 g/mol. The molecule has 25 heavy (non-hydrogen) atoms. The summed E-state index contributed by atoms with van der Waals surface area (Å²) in [5, 5.41) is 13.9. The first kappa shape index (κ1) is 19.2. The van der Waals surface area contributed by atoms with Crippen LogP contribution in [-0.4, -0.2) is 41.3 Å². The molecule has 0 saturated carbocycles. The Morgan fingerprint density at radius 3 is 2.80 bits per heavy atom. The van der Waals surface area contributed by atoms with Gasteiger partial charge in [0.2, 0.25) is 5.28 Å². The van der Waals surface area contributed by atoms with Crippen LogP contribution in [0.2, 0.25) is 5.28 Å². The maximum Gasteiger partial charge on any atom is 0.305 e. The van der Waals surface area contributed by atoms with Crippen LogP contribution in [-0.2, 0) is 9.53 Å². The SMILES string of the molecule is CCOC(=O)CCCNc1nc(Cl)nc2cc(OC)c(C(C)O)cc12. The number of hydrogen-bond acceptors (Lipinski definition) is 7. The second kappa shape index (κ2) is 8.82. The third kappa shape index (κ3) is 4.93. The number of halogens is 1. The molecule has 136 valence electrons. The van der Waals surface area contributed by atoms with Gasteiger partial charge in [0, 0.05) is 30.0 Å². The number of carbonyl (C=O) groups excluding carboxylic acids is 1. The van der Waals surface area contributed by atoms with E-state index < -0.39 is 6.10 Å². The Labute approximate surface area is 151 Å². The Kier molecular flexibility index (Phi) is 6.78. The summed E-state index contributed by atoms with van der Waals surface area (Å²) in [4.78, 5) is 19.8. The van der Waals surface area contributed by atoms with Crippen LogP contribution in [0.5, 0.6) is 5.75 Å². The lowest BCUT2D eigenvalue weighted by Gasteiger charge is -2.14. The van der Waals surface area contributed by atoms with Gasteiger partial charge in [0.1, 0.15) is 11.6 Å². The highest BCUT2D eigenvalue weighted by molar-refractivity contribution is 6.28. The number of methoxy groups -OCH3 is 1. The van der Waals surface area contributed by atoms with E-state index in [9.17, 15) is 9.90 Å². The van der Waals surface area contributed by atoms with Crippen molar-refractivity contribution in [1.29, 1.82) is 0 Å². The topological polar surface area (TPSA) is 93.6 Å². The minimum Gasteiger partial charge on any atom is -0.496 e. The van der Waals surface area contributed by atoms with E-state index in [0.717, 1.165) is 5.39 Å². The van der Waals surface area contributed by atoms with Gasteiger partial charge >= 0.3 is 5.97 Å². The van der Waals surface area contributed by atoms with Gasteiger partial charge in [0.15, 0.2) is 0 Å². The zero-order chi connectivity index (χ0) is 18.4. The largest absolute Gasteiger partial charge is 0.496 e. The lowest BCUT2D eigenvalue weighted by atomic mass is 10.1. The molecule has 0 aliphatic rings. The van der Waals surface area contributed by atoms with Crippen molar-refractivity contribution in [2.75, 3.05) is 25.6 Å². The number of nitrogens with zero attached hydrogens (tertiary/aromatic N) is 2. The zero-order valence-electron chi connectivity index (χ0n) is 14.5. The summed E-state index contributed by atoms with van der Waals surface area (Å²) in [6.45, 7) is 4.34. The molecule has 7 nitrogen and oxygen atoms in total. The van der Waals surface area contributed by atoms with E-state index in [0.29, 0.717) is 48.6 Å². The molecule has 0 radical (unpaired) electrons. The minimum atomic E-state index is -0.702. The van der Waals surface area contributed by atoms with Gasteiger partial charge in [-0.3, -0.25) is 4.79 Å². The standard InChI is InChI=1S/C17H22ClN3O4/c1-4-25-15(23)6-5-7-19-16-12-8-11(10(2)22)14(24-3)9-13(12)20-17(18)21-16/h8-10,22H,4-7H2,1-3H3,(H,19,20,21). The molecule has 1 heterocycles. The van der Waals surface area contributed by atoms with E-state index in [2.05, 4.69) is 15.3 Å². The second-order valence-corrected chi connectivity index (χ2v) is 5.80. The summed E-state index contributed by atoms with van der Waals surface area (Å²) in [7, 11) is 1.53. The van der Waals surface area contributed by atoms with Crippen molar-refractivity contribution in [1.82, 2.24) is 9.97 Å². The molecule has 0 aliphatic heterocycles. The number of esters is 1. The molecule has 1 atom stereocenters. The molecular formula is C17H22ClN3O4. The summed E-state index contributed by atoms with van der Waals surface area (Å²) in [5.41, 5.74) is 1.24. The Bertz CT molecular complexity index is 752. The summed E-state index contributed by atoms with van der Waals surface area (Å²) in [5.74, 6) is 0.852. The number of benzene rings is 1. The molecule has 0 bridgehead atoms. The van der Waals surface area contributed by atoms with Crippen molar-refractivity contribution in [3.63, 3.8) is 0 Å². The fourth-order valence-electron chi connectivity index (χ4n) is 2.46. The Balaban J connectivity index is 2.23. The number of aliphatic hydroxyl groups is 1. The van der Waals surface area contributed by atoms with Gasteiger partial charge in [-0.2, -0.15) is 0 Å². The molecule has 1 aromatic carbocycles. The van der Waals surface area contributed by atoms with Crippen LogP contribution in [0.25, 0.3) is 10.9 Å². The van der Waals surface area contributed by atoms with Crippen LogP contribution < -0.4 is 10.1 Å². The maximum absolute atomic E-state index is 11.4. The molecule has 2 aromatic rings. The Hall–Kier alpha value is -2.12. The highest BCUT2D eigenvalue weighted by atomic mass is 35.5. The number of rotatable bonds is 8. The van der Waals surface area contributed by atoms with E-state index in [1.165, 1.54) is 7.11 Å². The summed E-state index contributed by atoms with van der Waals surface area (Å²) in [6.07, 6.45) is 0.220. The predicted molar refractivity (Wildman–Crippen MR) is 96.1 cm³/mol. The van der Waals surface area contributed by atoms with Gasteiger partial charge < -0.3 is 19.9 Å². The molecule has 0 spiro atoms. The van der Waals surface area contributed by atoms with Crippen molar-refractivity contribution >= 4 is 34.3 Å². The monoisotopic (exact) mass is 367 g/mol. The summed E-state index contributed by atoms with van der Waals surface area (Å²) < 4.78 is 10.2. The summed E-state index contributed by atoms with van der Waals surface area (Å²) in [6, 6.07) is 3.50. The predicted octanol–water partition coefficient (Wildman–Crippen LogP) is 3.10. The number of anilines is 1. The molecule has 2 N–H and O–H groups in total. The average Bonchev–Trinajstić information content (AvgIpc) is 2.57. The van der Waals surface area contributed by atoms with Crippen LogP contribution in [0.15, 0.2) is 12.1 Å². The van der Waals surface area contributed by atoms with Gasteiger partial charge in [-0.1, -0.05) is 0 Å². The van der Waals surface area contributed by atoms with Crippen LogP contribution in [0.4, 0.5) is 5.82 Å². The first-order chi connectivity index (χ1) is 12.0. The number of ether oxygens (including phenoxy) is 2. The second-order valence-electron chi connectivity index (χ2n) is 5.46. The number of hydrogen-bond donors (Lipinski definition) is 2. The van der Waals surface area contributed by atoms with Crippen LogP contribution in [0.1, 0.15) is 38.4 Å². The molecule has 0 saturated heterocycles. The Morgan fingerprint density at radius 1 is 1.40 bits per heavy atom. The molecule has 0 aliphatic carbocycles. The van der Waals surface area contributed by atoms with Crippen molar-refractivity contribution in [3.8, 4) is 5.75 Å². The minimum absolute atomic E-state index is 0.104. The molecule has 8 heteroatoms. The highest BCUT2D eigenvalue weighted by Gasteiger charge is 2.15. The van der Waals surface area contributed by atoms with E-state index in [-0.39, 0.29) is 11.3 Å². The lowest BCUT2D eigenvalue weighted by Crippen LogP contribution is -2.09. The van der Waals surface area contributed by atoms with Gasteiger partial charge in [0.05, 0.1) is 25.3 Å². The van der Waals surface area contributed by atoms with Crippen molar-refractivity contribution in [2.45, 2.75) is 32.8 Å². The van der Waals surface area contributed by atoms with E-state index in [1.807, 2.05) is 0 Å². The van der Waals surface area contributed by atoms with Crippen molar-refractivity contribution in [2.24, 2.45) is 0 Å². The summed E-state index contributed by atoms with van der Waals surface area (Å²) >= 11 is 6.00. The maximum atomic E-state index is 11.4. The molecule has 1 aromatic heterocycles. The van der Waals surface area contributed by atoms with Gasteiger partial charge in [-0.05, 0) is 37.9 Å². The molecule has 0 amide bonds. The molecular weight excluding hydrogens is 346 g/mol.